The molecule has 1 heterocycles. The molecule has 1 aromatic heterocycles. The summed E-state index contributed by atoms with van der Waals surface area (Å²) in [5.41, 5.74) is 1.12. The average Bonchev–Trinajstić information content (AvgIpc) is 2.80. The highest BCUT2D eigenvalue weighted by molar-refractivity contribution is 9.10. The summed E-state index contributed by atoms with van der Waals surface area (Å²) in [6.45, 7) is 1.74. The van der Waals surface area contributed by atoms with Gasteiger partial charge in [-0.05, 0) is 30.7 Å². The summed E-state index contributed by atoms with van der Waals surface area (Å²) in [5.74, 6) is -3.05. The van der Waals surface area contributed by atoms with Crippen molar-refractivity contribution in [3.63, 3.8) is 0 Å². The molecule has 23 heavy (non-hydrogen) atoms. The molecule has 0 saturated heterocycles. The van der Waals surface area contributed by atoms with Gasteiger partial charge in [-0.2, -0.15) is 13.2 Å². The number of carboxylic acid groups (broad SMARTS) is 1. The first-order valence-electron chi connectivity index (χ1n) is 6.37. The molecule has 0 saturated carbocycles. The van der Waals surface area contributed by atoms with Crippen LogP contribution in [0.15, 0.2) is 27.1 Å². The highest BCUT2D eigenvalue weighted by Crippen LogP contribution is 2.27. The van der Waals surface area contributed by atoms with Crippen LogP contribution >= 0.6 is 15.9 Å². The monoisotopic (exact) mass is 393 g/mol. The number of aliphatic carboxylic acids is 1. The third kappa shape index (κ3) is 4.25. The largest absolute Gasteiger partial charge is 0.480 e. The first kappa shape index (κ1) is 17.3. The lowest BCUT2D eigenvalue weighted by atomic mass is 10.1. The van der Waals surface area contributed by atoms with Crippen molar-refractivity contribution in [3.8, 4) is 0 Å². The molecule has 9 heteroatoms. The highest BCUT2D eigenvalue weighted by Gasteiger charge is 2.36. The molecule has 1 unspecified atom stereocenters. The number of furan rings is 1. The van der Waals surface area contributed by atoms with E-state index in [9.17, 15) is 22.8 Å². The number of halogens is 4. The van der Waals surface area contributed by atoms with Gasteiger partial charge in [-0.1, -0.05) is 15.9 Å². The van der Waals surface area contributed by atoms with Gasteiger partial charge in [0.25, 0.3) is 5.91 Å². The molecule has 2 rings (SSSR count). The van der Waals surface area contributed by atoms with E-state index in [0.29, 0.717) is 11.0 Å². The summed E-state index contributed by atoms with van der Waals surface area (Å²) >= 11 is 3.28. The maximum Gasteiger partial charge on any atom is 0.391 e. The number of fused-ring (bicyclic) bond motifs is 1. The lowest BCUT2D eigenvalue weighted by Crippen LogP contribution is -2.43. The number of amides is 1. The quantitative estimate of drug-likeness (QED) is 0.830. The standard InChI is InChI=1S/C14H11BrF3NO4/c1-6-2-8(15)3-7-4-10(23-11(6)7)12(20)19-9(13(21)22)5-14(16,17)18/h2-4,9H,5H2,1H3,(H,19,20)(H,21,22). The van der Waals surface area contributed by atoms with Crippen molar-refractivity contribution < 1.29 is 32.3 Å². The van der Waals surface area contributed by atoms with Gasteiger partial charge in [0, 0.05) is 9.86 Å². The van der Waals surface area contributed by atoms with Crippen molar-refractivity contribution in [2.24, 2.45) is 0 Å². The zero-order valence-corrected chi connectivity index (χ0v) is 13.3. The number of carbonyl (C=O) groups is 2. The third-order valence-electron chi connectivity index (χ3n) is 3.03. The van der Waals surface area contributed by atoms with Crippen LogP contribution in [0.3, 0.4) is 0 Å². The minimum Gasteiger partial charge on any atom is -0.480 e. The molecule has 0 aliphatic rings. The van der Waals surface area contributed by atoms with Gasteiger partial charge in [0.1, 0.15) is 11.6 Å². The summed E-state index contributed by atoms with van der Waals surface area (Å²) in [5, 5.41) is 11.2. The SMILES string of the molecule is Cc1cc(Br)cc2cc(C(=O)NC(CC(F)(F)F)C(=O)O)oc12. The fraction of sp³-hybridized carbons (Fsp3) is 0.286. The van der Waals surface area contributed by atoms with Crippen LogP contribution in [0.1, 0.15) is 22.5 Å². The summed E-state index contributed by atoms with van der Waals surface area (Å²) in [4.78, 5) is 22.8. The molecule has 0 spiro atoms. The van der Waals surface area contributed by atoms with Crippen molar-refractivity contribution in [2.45, 2.75) is 25.6 Å². The van der Waals surface area contributed by atoms with E-state index in [1.165, 1.54) is 6.07 Å². The Labute approximate surface area is 136 Å². The Hall–Kier alpha value is -2.03. The number of nitrogens with one attached hydrogen (secondary N) is 1. The fourth-order valence-electron chi connectivity index (χ4n) is 2.06. The third-order valence-corrected chi connectivity index (χ3v) is 3.49. The highest BCUT2D eigenvalue weighted by atomic mass is 79.9. The zero-order chi connectivity index (χ0) is 17.4. The zero-order valence-electron chi connectivity index (χ0n) is 11.7. The van der Waals surface area contributed by atoms with E-state index in [0.717, 1.165) is 10.0 Å². The van der Waals surface area contributed by atoms with Gasteiger partial charge >= 0.3 is 12.1 Å². The van der Waals surface area contributed by atoms with Crippen molar-refractivity contribution in [2.75, 3.05) is 0 Å². The van der Waals surface area contributed by atoms with Gasteiger partial charge in [-0.3, -0.25) is 4.79 Å². The molecule has 2 N–H and O–H groups in total. The van der Waals surface area contributed by atoms with E-state index >= 15 is 0 Å². The van der Waals surface area contributed by atoms with Crippen LogP contribution in [0.2, 0.25) is 0 Å². The van der Waals surface area contributed by atoms with Crippen molar-refractivity contribution in [3.05, 3.63) is 34.0 Å². The normalized spacial score (nSPS) is 13.1. The Morgan fingerprint density at radius 2 is 2.00 bits per heavy atom. The maximum atomic E-state index is 12.3. The van der Waals surface area contributed by atoms with E-state index in [2.05, 4.69) is 15.9 Å². The lowest BCUT2D eigenvalue weighted by Gasteiger charge is -2.15. The summed E-state index contributed by atoms with van der Waals surface area (Å²) in [7, 11) is 0. The van der Waals surface area contributed by atoms with E-state index in [1.807, 2.05) is 5.32 Å². The Morgan fingerprint density at radius 3 is 2.57 bits per heavy atom. The van der Waals surface area contributed by atoms with Crippen LogP contribution in [-0.2, 0) is 4.79 Å². The van der Waals surface area contributed by atoms with Crippen molar-refractivity contribution in [1.29, 1.82) is 0 Å². The second-order valence-corrected chi connectivity index (χ2v) is 5.85. The van der Waals surface area contributed by atoms with Gasteiger partial charge in [0.15, 0.2) is 5.76 Å². The number of benzene rings is 1. The molecule has 2 aromatic rings. The minimum atomic E-state index is -4.72. The summed E-state index contributed by atoms with van der Waals surface area (Å²) in [6, 6.07) is 2.68. The number of carboxylic acids is 1. The Morgan fingerprint density at radius 1 is 1.35 bits per heavy atom. The molecule has 5 nitrogen and oxygen atoms in total. The molecule has 1 aromatic carbocycles. The second kappa shape index (κ2) is 6.23. The van der Waals surface area contributed by atoms with Crippen LogP contribution in [0.4, 0.5) is 13.2 Å². The number of hydrogen-bond acceptors (Lipinski definition) is 3. The molecular formula is C14H11BrF3NO4. The average molecular weight is 394 g/mol. The van der Waals surface area contributed by atoms with Crippen molar-refractivity contribution in [1.82, 2.24) is 5.32 Å². The topological polar surface area (TPSA) is 79.5 Å². The first-order chi connectivity index (χ1) is 10.6. The Balaban J connectivity index is 2.26. The fourth-order valence-corrected chi connectivity index (χ4v) is 2.65. The molecule has 0 aliphatic carbocycles. The Kier molecular flexibility index (Phi) is 4.69. The summed E-state index contributed by atoms with van der Waals surface area (Å²) in [6.07, 6.45) is -6.38. The lowest BCUT2D eigenvalue weighted by molar-refractivity contribution is -0.157. The molecular weight excluding hydrogens is 383 g/mol. The Bertz CT molecular complexity index is 769. The second-order valence-electron chi connectivity index (χ2n) is 4.94. The van der Waals surface area contributed by atoms with Crippen LogP contribution in [0, 0.1) is 6.92 Å². The van der Waals surface area contributed by atoms with Gasteiger partial charge in [0.2, 0.25) is 0 Å². The molecule has 1 atom stereocenters. The molecule has 0 fully saturated rings. The predicted molar refractivity (Wildman–Crippen MR) is 78.2 cm³/mol. The molecule has 1 amide bonds. The van der Waals surface area contributed by atoms with Crippen LogP contribution < -0.4 is 5.32 Å². The molecule has 0 bridgehead atoms. The van der Waals surface area contributed by atoms with Gasteiger partial charge in [-0.15, -0.1) is 0 Å². The van der Waals surface area contributed by atoms with Crippen LogP contribution in [-0.4, -0.2) is 29.2 Å². The predicted octanol–water partition coefficient (Wildman–Crippen LogP) is 3.64. The van der Waals surface area contributed by atoms with Crippen LogP contribution in [0.5, 0.6) is 0 Å². The van der Waals surface area contributed by atoms with E-state index in [1.54, 1.807) is 19.1 Å². The molecule has 0 aliphatic heterocycles. The van der Waals surface area contributed by atoms with Crippen LogP contribution in [0.25, 0.3) is 11.0 Å². The van der Waals surface area contributed by atoms with E-state index in [4.69, 9.17) is 9.52 Å². The van der Waals surface area contributed by atoms with Crippen molar-refractivity contribution >= 4 is 38.8 Å². The molecule has 124 valence electrons. The number of alkyl halides is 3. The van der Waals surface area contributed by atoms with Gasteiger partial charge < -0.3 is 14.8 Å². The number of carbonyl (C=O) groups excluding carboxylic acids is 1. The smallest absolute Gasteiger partial charge is 0.391 e. The van der Waals surface area contributed by atoms with E-state index < -0.39 is 30.5 Å². The number of aryl methyl sites for hydroxylation is 1. The van der Waals surface area contributed by atoms with Gasteiger partial charge in [0.05, 0.1) is 6.42 Å². The number of hydrogen-bond donors (Lipinski definition) is 2. The van der Waals surface area contributed by atoms with Gasteiger partial charge in [-0.25, -0.2) is 4.79 Å². The first-order valence-corrected chi connectivity index (χ1v) is 7.16. The maximum absolute atomic E-state index is 12.3. The van der Waals surface area contributed by atoms with E-state index in [-0.39, 0.29) is 5.76 Å². The summed E-state index contributed by atoms with van der Waals surface area (Å²) < 4.78 is 43.1. The minimum absolute atomic E-state index is 0.255. The molecule has 0 radical (unpaired) electrons. The number of rotatable bonds is 4.